The minimum Gasteiger partial charge on any atom is -0.427 e. The molecule has 22 heavy (non-hydrogen) atoms. The molecule has 0 aliphatic carbocycles. The third-order valence-electron chi connectivity index (χ3n) is 3.57. The predicted molar refractivity (Wildman–Crippen MR) is 80.5 cm³/mol. The summed E-state index contributed by atoms with van der Waals surface area (Å²) in [6.07, 6.45) is 8.35. The van der Waals surface area contributed by atoms with Gasteiger partial charge < -0.3 is 14.8 Å². The Morgan fingerprint density at radius 1 is 0.864 bits per heavy atom. The highest BCUT2D eigenvalue weighted by Crippen LogP contribution is 2.12. The maximum Gasteiger partial charge on any atom is 0.282 e. The summed E-state index contributed by atoms with van der Waals surface area (Å²) < 4.78 is 26.8. The molecule has 0 saturated carbocycles. The van der Waals surface area contributed by atoms with Gasteiger partial charge in [0.1, 0.15) is 6.54 Å². The van der Waals surface area contributed by atoms with E-state index in [0.29, 0.717) is 0 Å². The van der Waals surface area contributed by atoms with Gasteiger partial charge in [0.15, 0.2) is 0 Å². The number of hydrogen-bond donors (Lipinski definition) is 0. The van der Waals surface area contributed by atoms with Crippen molar-refractivity contribution in [3.05, 3.63) is 35.9 Å². The molecule has 0 radical (unpaired) electrons. The standard InChI is InChI=1S/C17H30N.IO3/c1-4-5-6-7-8-12-15-18(2,3)16-17-13-10-9-11-14-17;2-1(3)4/h9-11,13-14H,4-8,12,15-16H2,1-3H3;/q+1;-1. The highest BCUT2D eigenvalue weighted by molar-refractivity contribution is 5.13. The van der Waals surface area contributed by atoms with Crippen molar-refractivity contribution < 1.29 is 35.9 Å². The molecule has 0 aliphatic rings. The number of benzene rings is 1. The average Bonchev–Trinajstić information content (AvgIpc) is 2.42. The fourth-order valence-electron chi connectivity index (χ4n) is 2.48. The molecule has 0 spiro atoms. The van der Waals surface area contributed by atoms with Crippen molar-refractivity contribution in [2.45, 2.75) is 52.0 Å². The Kier molecular flexibility index (Phi) is 13.1. The van der Waals surface area contributed by atoms with Crippen LogP contribution in [0.3, 0.4) is 0 Å². The Bertz CT molecular complexity index is 355. The Morgan fingerprint density at radius 3 is 1.91 bits per heavy atom. The van der Waals surface area contributed by atoms with Gasteiger partial charge in [-0.1, -0.05) is 62.9 Å². The van der Waals surface area contributed by atoms with Crippen LogP contribution in [0.2, 0.25) is 0 Å². The van der Waals surface area contributed by atoms with Crippen LogP contribution in [0.5, 0.6) is 0 Å². The molecule has 0 aliphatic heterocycles. The van der Waals surface area contributed by atoms with Gasteiger partial charge in [0.05, 0.1) is 20.6 Å². The molecule has 0 aromatic heterocycles. The number of quaternary nitrogens is 1. The van der Waals surface area contributed by atoms with Gasteiger partial charge in [-0.2, -0.15) is 0 Å². The zero-order valence-corrected chi connectivity index (χ0v) is 16.3. The molecule has 1 rings (SSSR count). The van der Waals surface area contributed by atoms with Crippen LogP contribution in [0.15, 0.2) is 30.3 Å². The second-order valence-electron chi connectivity index (χ2n) is 6.26. The largest absolute Gasteiger partial charge is 0.427 e. The summed E-state index contributed by atoms with van der Waals surface area (Å²) in [6.45, 7) is 4.72. The van der Waals surface area contributed by atoms with Gasteiger partial charge in [-0.25, -0.2) is 0 Å². The Hall–Kier alpha value is -0.210. The molecule has 4 nitrogen and oxygen atoms in total. The van der Waals surface area contributed by atoms with Crippen molar-refractivity contribution in [2.24, 2.45) is 0 Å². The van der Waals surface area contributed by atoms with E-state index in [1.165, 1.54) is 50.6 Å². The smallest absolute Gasteiger partial charge is 0.282 e. The SMILES string of the molecule is CCCCCCCC[N+](C)(C)Cc1ccccc1.[O-][I+2]([O-])[O-]. The first-order chi connectivity index (χ1) is 10.4. The molecule has 5 heteroatoms. The summed E-state index contributed by atoms with van der Waals surface area (Å²) >= 11 is -4.01. The Labute approximate surface area is 144 Å². The van der Waals surface area contributed by atoms with E-state index in [-0.39, 0.29) is 0 Å². The second-order valence-corrected chi connectivity index (χ2v) is 7.34. The van der Waals surface area contributed by atoms with Crippen LogP contribution in [0.1, 0.15) is 51.0 Å². The van der Waals surface area contributed by atoms with Crippen LogP contribution >= 0.6 is 0 Å². The fourth-order valence-corrected chi connectivity index (χ4v) is 2.48. The van der Waals surface area contributed by atoms with E-state index in [4.69, 9.17) is 10.3 Å². The van der Waals surface area contributed by atoms with Crippen LogP contribution in [-0.2, 0) is 6.54 Å². The van der Waals surface area contributed by atoms with Gasteiger partial charge in [-0.3, -0.25) is 0 Å². The van der Waals surface area contributed by atoms with Crippen molar-refractivity contribution in [1.82, 2.24) is 0 Å². The van der Waals surface area contributed by atoms with Crippen molar-refractivity contribution in [2.75, 3.05) is 20.6 Å². The molecular weight excluding hydrogens is 393 g/mol. The molecule has 0 N–H and O–H groups in total. The van der Waals surface area contributed by atoms with E-state index in [2.05, 4.69) is 51.4 Å². The predicted octanol–water partition coefficient (Wildman–Crippen LogP) is -1.94. The molecule has 1 aromatic carbocycles. The van der Waals surface area contributed by atoms with Crippen LogP contribution in [0, 0.1) is 0 Å². The lowest BCUT2D eigenvalue weighted by atomic mass is 10.1. The highest BCUT2D eigenvalue weighted by atomic mass is 127. The van der Waals surface area contributed by atoms with Crippen molar-refractivity contribution >= 4 is 0 Å². The Morgan fingerprint density at radius 2 is 1.36 bits per heavy atom. The second kappa shape index (κ2) is 13.2. The molecule has 0 heterocycles. The third-order valence-corrected chi connectivity index (χ3v) is 3.57. The lowest BCUT2D eigenvalue weighted by Crippen LogP contribution is -4.05. The van der Waals surface area contributed by atoms with Crippen molar-refractivity contribution in [3.63, 3.8) is 0 Å². The molecule has 0 atom stereocenters. The van der Waals surface area contributed by atoms with Crippen LogP contribution in [-0.4, -0.2) is 25.1 Å². The summed E-state index contributed by atoms with van der Waals surface area (Å²) in [5, 5.41) is 0. The van der Waals surface area contributed by atoms with Gasteiger partial charge >= 0.3 is 0 Å². The minimum atomic E-state index is -4.01. The lowest BCUT2D eigenvalue weighted by Gasteiger charge is -2.30. The van der Waals surface area contributed by atoms with E-state index < -0.39 is 21.1 Å². The Balaban J connectivity index is 0.000000980. The third kappa shape index (κ3) is 14.7. The number of rotatable bonds is 9. The van der Waals surface area contributed by atoms with Gasteiger partial charge in [-0.15, -0.1) is 0 Å². The van der Waals surface area contributed by atoms with E-state index >= 15 is 0 Å². The maximum atomic E-state index is 8.57. The number of halogens is 1. The average molecular weight is 423 g/mol. The number of unbranched alkanes of at least 4 members (excludes halogenated alkanes) is 5. The normalized spacial score (nSPS) is 11.2. The van der Waals surface area contributed by atoms with Crippen molar-refractivity contribution in [3.8, 4) is 0 Å². The first-order valence-corrected chi connectivity index (χ1v) is 10.6. The molecule has 0 saturated heterocycles. The van der Waals surface area contributed by atoms with Crippen LogP contribution in [0.25, 0.3) is 0 Å². The molecule has 0 unspecified atom stereocenters. The molecule has 0 fully saturated rings. The number of hydrogen-bond acceptors (Lipinski definition) is 3. The van der Waals surface area contributed by atoms with Gasteiger partial charge in [-0.05, 0) is 12.8 Å². The molecule has 128 valence electrons. The molecular formula is C17H30INO3. The molecule has 0 bridgehead atoms. The lowest BCUT2D eigenvalue weighted by molar-refractivity contribution is -1.73. The molecule has 1 aromatic rings. The first-order valence-electron chi connectivity index (χ1n) is 7.96. The van der Waals surface area contributed by atoms with E-state index in [1.807, 2.05) is 0 Å². The summed E-state index contributed by atoms with van der Waals surface area (Å²) in [6, 6.07) is 10.8. The van der Waals surface area contributed by atoms with Crippen LogP contribution < -0.4 is 31.4 Å². The summed E-state index contributed by atoms with van der Waals surface area (Å²) in [5.41, 5.74) is 1.45. The van der Waals surface area contributed by atoms with E-state index in [1.54, 1.807) is 0 Å². The van der Waals surface area contributed by atoms with Crippen LogP contribution in [0.4, 0.5) is 0 Å². The van der Waals surface area contributed by atoms with E-state index in [9.17, 15) is 0 Å². The number of nitrogens with zero attached hydrogens (tertiary/aromatic N) is 1. The summed E-state index contributed by atoms with van der Waals surface area (Å²) in [7, 11) is 4.69. The van der Waals surface area contributed by atoms with Gasteiger partial charge in [0, 0.05) is 5.56 Å². The van der Waals surface area contributed by atoms with Crippen molar-refractivity contribution in [1.29, 1.82) is 0 Å². The zero-order valence-electron chi connectivity index (χ0n) is 14.1. The minimum absolute atomic E-state index is 1.11. The topological polar surface area (TPSA) is 69.2 Å². The monoisotopic (exact) mass is 423 g/mol. The van der Waals surface area contributed by atoms with E-state index in [0.717, 1.165) is 11.0 Å². The molecule has 0 amide bonds. The van der Waals surface area contributed by atoms with Gasteiger partial charge in [0.2, 0.25) is 0 Å². The quantitative estimate of drug-likeness (QED) is 0.264. The summed E-state index contributed by atoms with van der Waals surface area (Å²) in [5.74, 6) is 0. The highest BCUT2D eigenvalue weighted by Gasteiger charge is 2.14. The fraction of sp³-hybridized carbons (Fsp3) is 0.647. The first kappa shape index (κ1) is 21.8. The summed E-state index contributed by atoms with van der Waals surface area (Å²) in [4.78, 5) is 0. The van der Waals surface area contributed by atoms with Gasteiger partial charge in [0.25, 0.3) is 21.1 Å². The zero-order chi connectivity index (χ0) is 16.8. The maximum absolute atomic E-state index is 8.57.